The zero-order valence-corrected chi connectivity index (χ0v) is 12.3. The Morgan fingerprint density at radius 1 is 1.20 bits per heavy atom. The van der Waals surface area contributed by atoms with Gasteiger partial charge in [0.25, 0.3) is 5.91 Å². The van der Waals surface area contributed by atoms with Gasteiger partial charge in [0.2, 0.25) is 5.95 Å². The molecule has 2 heterocycles. The number of nitrogens with one attached hydrogen (secondary N) is 2. The standard InChI is InChI=1S/C14H16N4OS/c1-8-6-9(2)16-14(15-8)18-17-13(19)12-7-10-4-3-5-11(10)20-12/h6-7H,3-5H2,1-2H3,(H,17,19)(H,15,16,18). The van der Waals surface area contributed by atoms with Gasteiger partial charge in [0, 0.05) is 16.3 Å². The molecule has 2 aromatic rings. The van der Waals surface area contributed by atoms with Crippen molar-refractivity contribution in [2.45, 2.75) is 33.1 Å². The first-order chi connectivity index (χ1) is 9.61. The number of fused-ring (bicyclic) bond motifs is 1. The number of carbonyl (C=O) groups is 1. The molecule has 0 atom stereocenters. The number of anilines is 1. The molecule has 0 bridgehead atoms. The summed E-state index contributed by atoms with van der Waals surface area (Å²) in [4.78, 5) is 22.6. The first-order valence-electron chi connectivity index (χ1n) is 6.62. The SMILES string of the molecule is Cc1cc(C)nc(NNC(=O)c2cc3c(s2)CCC3)n1. The molecule has 20 heavy (non-hydrogen) atoms. The number of amides is 1. The average Bonchev–Trinajstić information content (AvgIpc) is 2.95. The predicted octanol–water partition coefficient (Wildman–Crippen LogP) is 2.40. The molecule has 1 aliphatic carbocycles. The van der Waals surface area contributed by atoms with E-state index in [4.69, 9.17) is 0 Å². The van der Waals surface area contributed by atoms with E-state index >= 15 is 0 Å². The van der Waals surface area contributed by atoms with Crippen LogP contribution >= 0.6 is 11.3 Å². The minimum Gasteiger partial charge on any atom is -0.266 e. The average molecular weight is 288 g/mol. The second kappa shape index (κ2) is 5.20. The smallest absolute Gasteiger partial charge is 0.266 e. The summed E-state index contributed by atoms with van der Waals surface area (Å²) in [7, 11) is 0. The number of hydrogen-bond acceptors (Lipinski definition) is 5. The molecule has 0 aliphatic heterocycles. The maximum absolute atomic E-state index is 12.1. The maximum atomic E-state index is 12.1. The van der Waals surface area contributed by atoms with Crippen molar-refractivity contribution >= 4 is 23.2 Å². The molecule has 2 N–H and O–H groups in total. The molecular weight excluding hydrogens is 272 g/mol. The fraction of sp³-hybridized carbons (Fsp3) is 0.357. The predicted molar refractivity (Wildman–Crippen MR) is 78.9 cm³/mol. The van der Waals surface area contributed by atoms with E-state index in [2.05, 4.69) is 20.8 Å². The van der Waals surface area contributed by atoms with E-state index in [9.17, 15) is 4.79 Å². The summed E-state index contributed by atoms with van der Waals surface area (Å²) in [5.74, 6) is 0.284. The molecule has 5 nitrogen and oxygen atoms in total. The highest BCUT2D eigenvalue weighted by atomic mass is 32.1. The van der Waals surface area contributed by atoms with Crippen molar-refractivity contribution < 1.29 is 4.79 Å². The van der Waals surface area contributed by atoms with Crippen LogP contribution in [0.25, 0.3) is 0 Å². The lowest BCUT2D eigenvalue weighted by Crippen LogP contribution is -2.29. The molecule has 0 spiro atoms. The Labute approximate surface area is 121 Å². The highest BCUT2D eigenvalue weighted by molar-refractivity contribution is 7.14. The molecule has 6 heteroatoms. The van der Waals surface area contributed by atoms with Crippen LogP contribution in [-0.2, 0) is 12.8 Å². The normalized spacial score (nSPS) is 13.1. The quantitative estimate of drug-likeness (QED) is 0.851. The van der Waals surface area contributed by atoms with Crippen LogP contribution in [0.2, 0.25) is 0 Å². The van der Waals surface area contributed by atoms with E-state index in [1.165, 1.54) is 16.9 Å². The Bertz CT molecular complexity index is 623. The second-order valence-corrected chi connectivity index (χ2v) is 6.10. The van der Waals surface area contributed by atoms with Crippen molar-refractivity contribution in [1.29, 1.82) is 0 Å². The van der Waals surface area contributed by atoms with Crippen LogP contribution in [0.5, 0.6) is 0 Å². The van der Waals surface area contributed by atoms with Gasteiger partial charge in [-0.15, -0.1) is 11.3 Å². The highest BCUT2D eigenvalue weighted by Gasteiger charge is 2.18. The third kappa shape index (κ3) is 2.65. The number of hydrogen-bond donors (Lipinski definition) is 2. The molecule has 0 saturated carbocycles. The third-order valence-corrected chi connectivity index (χ3v) is 4.48. The van der Waals surface area contributed by atoms with Gasteiger partial charge in [0.15, 0.2) is 0 Å². The van der Waals surface area contributed by atoms with Crippen molar-refractivity contribution in [3.8, 4) is 0 Å². The fourth-order valence-corrected chi connectivity index (χ4v) is 3.55. The van der Waals surface area contributed by atoms with Gasteiger partial charge in [0.05, 0.1) is 4.88 Å². The molecule has 0 radical (unpaired) electrons. The van der Waals surface area contributed by atoms with E-state index in [0.29, 0.717) is 5.95 Å². The molecule has 0 unspecified atom stereocenters. The maximum Gasteiger partial charge on any atom is 0.279 e. The Morgan fingerprint density at radius 2 is 1.95 bits per heavy atom. The fourth-order valence-electron chi connectivity index (χ4n) is 2.40. The Morgan fingerprint density at radius 3 is 2.65 bits per heavy atom. The Hall–Kier alpha value is -1.95. The lowest BCUT2D eigenvalue weighted by molar-refractivity contribution is 0.0966. The molecule has 1 amide bonds. The van der Waals surface area contributed by atoms with Gasteiger partial charge in [-0.3, -0.25) is 15.6 Å². The zero-order chi connectivity index (χ0) is 14.1. The largest absolute Gasteiger partial charge is 0.279 e. The minimum atomic E-state index is -0.132. The molecule has 0 saturated heterocycles. The summed E-state index contributed by atoms with van der Waals surface area (Å²) in [6.45, 7) is 3.79. The van der Waals surface area contributed by atoms with Crippen molar-refractivity contribution in [3.63, 3.8) is 0 Å². The van der Waals surface area contributed by atoms with Crippen molar-refractivity contribution in [1.82, 2.24) is 15.4 Å². The van der Waals surface area contributed by atoms with E-state index in [1.807, 2.05) is 26.0 Å². The van der Waals surface area contributed by atoms with Gasteiger partial charge in [-0.2, -0.15) is 0 Å². The van der Waals surface area contributed by atoms with E-state index in [0.717, 1.165) is 29.1 Å². The number of nitrogens with zero attached hydrogens (tertiary/aromatic N) is 2. The summed E-state index contributed by atoms with van der Waals surface area (Å²) in [5, 5.41) is 0. The van der Waals surface area contributed by atoms with Crippen molar-refractivity contribution in [2.75, 3.05) is 5.43 Å². The first kappa shape index (κ1) is 13.1. The summed E-state index contributed by atoms with van der Waals surface area (Å²) in [5.41, 5.74) is 8.48. The summed E-state index contributed by atoms with van der Waals surface area (Å²) in [6.07, 6.45) is 3.39. The van der Waals surface area contributed by atoms with E-state index in [-0.39, 0.29) is 5.91 Å². The van der Waals surface area contributed by atoms with Gasteiger partial charge in [0.1, 0.15) is 0 Å². The summed E-state index contributed by atoms with van der Waals surface area (Å²) in [6, 6.07) is 3.88. The summed E-state index contributed by atoms with van der Waals surface area (Å²) < 4.78 is 0. The number of aryl methyl sites for hydroxylation is 4. The topological polar surface area (TPSA) is 66.9 Å². The van der Waals surface area contributed by atoms with Crippen LogP contribution in [0.4, 0.5) is 5.95 Å². The van der Waals surface area contributed by atoms with Gasteiger partial charge >= 0.3 is 0 Å². The molecule has 0 fully saturated rings. The number of carbonyl (C=O) groups excluding carboxylic acids is 1. The molecular formula is C14H16N4OS. The van der Waals surface area contributed by atoms with Gasteiger partial charge in [-0.25, -0.2) is 9.97 Å². The van der Waals surface area contributed by atoms with E-state index < -0.39 is 0 Å². The third-order valence-electron chi connectivity index (χ3n) is 3.24. The number of aromatic nitrogens is 2. The summed E-state index contributed by atoms with van der Waals surface area (Å²) >= 11 is 1.58. The molecule has 104 valence electrons. The van der Waals surface area contributed by atoms with Crippen molar-refractivity contribution in [3.05, 3.63) is 38.8 Å². The zero-order valence-electron chi connectivity index (χ0n) is 11.5. The van der Waals surface area contributed by atoms with Crippen LogP contribution in [0.3, 0.4) is 0 Å². The lowest BCUT2D eigenvalue weighted by atomic mass is 10.2. The lowest BCUT2D eigenvalue weighted by Gasteiger charge is -2.07. The van der Waals surface area contributed by atoms with E-state index in [1.54, 1.807) is 11.3 Å². The molecule has 3 rings (SSSR count). The number of hydrazine groups is 1. The minimum absolute atomic E-state index is 0.132. The second-order valence-electron chi connectivity index (χ2n) is 4.97. The van der Waals surface area contributed by atoms with Gasteiger partial charge in [-0.1, -0.05) is 0 Å². The highest BCUT2D eigenvalue weighted by Crippen LogP contribution is 2.30. The monoisotopic (exact) mass is 288 g/mol. The molecule has 2 aromatic heterocycles. The van der Waals surface area contributed by atoms with Gasteiger partial charge in [-0.05, 0) is 50.8 Å². The van der Waals surface area contributed by atoms with Crippen LogP contribution in [0.1, 0.15) is 37.9 Å². The number of rotatable bonds is 3. The Balaban J connectivity index is 1.66. The van der Waals surface area contributed by atoms with Crippen LogP contribution in [0.15, 0.2) is 12.1 Å². The van der Waals surface area contributed by atoms with Crippen molar-refractivity contribution in [2.24, 2.45) is 0 Å². The molecule has 1 aliphatic rings. The molecule has 0 aromatic carbocycles. The van der Waals surface area contributed by atoms with Crippen LogP contribution in [-0.4, -0.2) is 15.9 Å². The van der Waals surface area contributed by atoms with Gasteiger partial charge < -0.3 is 0 Å². The Kier molecular flexibility index (Phi) is 3.40. The first-order valence-corrected chi connectivity index (χ1v) is 7.44. The van der Waals surface area contributed by atoms with Crippen LogP contribution in [0, 0.1) is 13.8 Å². The number of thiophene rings is 1. The van der Waals surface area contributed by atoms with Crippen LogP contribution < -0.4 is 10.9 Å².